The zero-order valence-corrected chi connectivity index (χ0v) is 15.7. The van der Waals surface area contributed by atoms with Crippen molar-refractivity contribution in [3.63, 3.8) is 0 Å². The molecule has 1 saturated heterocycles. The molecule has 1 N–H and O–H groups in total. The zero-order valence-electron chi connectivity index (χ0n) is 15.7. The number of likely N-dealkylation sites (tertiary alicyclic amines) is 1. The molecule has 2 amide bonds. The fourth-order valence-electron chi connectivity index (χ4n) is 4.49. The molecule has 0 spiro atoms. The molecule has 1 aromatic carbocycles. The molecule has 26 heavy (non-hydrogen) atoms. The Bertz CT molecular complexity index is 846. The van der Waals surface area contributed by atoms with E-state index in [4.69, 9.17) is 0 Å². The van der Waals surface area contributed by atoms with Crippen LogP contribution < -0.4 is 0 Å². The van der Waals surface area contributed by atoms with Crippen molar-refractivity contribution in [1.29, 1.82) is 0 Å². The number of para-hydroxylation sites is 1. The second-order valence-electron chi connectivity index (χ2n) is 7.67. The van der Waals surface area contributed by atoms with E-state index in [0.717, 1.165) is 36.8 Å². The lowest BCUT2D eigenvalue weighted by Crippen LogP contribution is -2.46. The summed E-state index contributed by atoms with van der Waals surface area (Å²) < 4.78 is 0. The summed E-state index contributed by atoms with van der Waals surface area (Å²) in [6.07, 6.45) is 6.34. The molecule has 2 aromatic rings. The molecule has 1 fully saturated rings. The first-order valence-corrected chi connectivity index (χ1v) is 9.71. The van der Waals surface area contributed by atoms with Crippen LogP contribution >= 0.6 is 0 Å². The highest BCUT2D eigenvalue weighted by Gasteiger charge is 2.28. The topological polar surface area (TPSA) is 56.4 Å². The largest absolute Gasteiger partial charge is 0.358 e. The average Bonchev–Trinajstić information content (AvgIpc) is 3.05. The van der Waals surface area contributed by atoms with E-state index in [0.29, 0.717) is 13.1 Å². The lowest BCUT2D eigenvalue weighted by molar-refractivity contribution is -0.130. The van der Waals surface area contributed by atoms with Crippen LogP contribution in [-0.2, 0) is 17.6 Å². The minimum atomic E-state index is 0.0940. The van der Waals surface area contributed by atoms with Crippen LogP contribution in [0, 0.1) is 0 Å². The summed E-state index contributed by atoms with van der Waals surface area (Å²) in [7, 11) is 1.86. The molecule has 0 atom stereocenters. The molecular formula is C21H27N3O2. The highest BCUT2D eigenvalue weighted by molar-refractivity contribution is 6.06. The van der Waals surface area contributed by atoms with Crippen LogP contribution in [0.2, 0.25) is 0 Å². The number of piperidine rings is 1. The SMILES string of the molecule is CC(=O)N(C)C1CCN(C(=O)c2cccc3c4c([nH]c23)CCCC4)CC1. The fourth-order valence-corrected chi connectivity index (χ4v) is 4.49. The Morgan fingerprint density at radius 1 is 1.15 bits per heavy atom. The van der Waals surface area contributed by atoms with Crippen LogP contribution in [-0.4, -0.2) is 52.8 Å². The van der Waals surface area contributed by atoms with Gasteiger partial charge in [-0.05, 0) is 50.2 Å². The summed E-state index contributed by atoms with van der Waals surface area (Å²) in [6, 6.07) is 6.33. The number of aryl methyl sites for hydroxylation is 2. The Morgan fingerprint density at radius 3 is 2.62 bits per heavy atom. The molecule has 2 aliphatic rings. The molecule has 1 aromatic heterocycles. The van der Waals surface area contributed by atoms with Crippen LogP contribution in [0.3, 0.4) is 0 Å². The molecular weight excluding hydrogens is 326 g/mol. The third-order valence-corrected chi connectivity index (χ3v) is 6.16. The molecule has 138 valence electrons. The van der Waals surface area contributed by atoms with Gasteiger partial charge in [-0.3, -0.25) is 9.59 Å². The number of benzene rings is 1. The van der Waals surface area contributed by atoms with Crippen LogP contribution in [0.5, 0.6) is 0 Å². The van der Waals surface area contributed by atoms with Gasteiger partial charge in [-0.2, -0.15) is 0 Å². The van der Waals surface area contributed by atoms with Gasteiger partial charge in [0.25, 0.3) is 5.91 Å². The van der Waals surface area contributed by atoms with Gasteiger partial charge in [-0.25, -0.2) is 0 Å². The predicted molar refractivity (Wildman–Crippen MR) is 102 cm³/mol. The van der Waals surface area contributed by atoms with E-state index in [1.54, 1.807) is 6.92 Å². The molecule has 1 aliphatic carbocycles. The molecule has 1 aliphatic heterocycles. The Kier molecular flexibility index (Phi) is 4.47. The number of fused-ring (bicyclic) bond motifs is 3. The fraction of sp³-hybridized carbons (Fsp3) is 0.524. The van der Waals surface area contributed by atoms with Gasteiger partial charge in [0.1, 0.15) is 0 Å². The van der Waals surface area contributed by atoms with Crippen molar-refractivity contribution in [1.82, 2.24) is 14.8 Å². The highest BCUT2D eigenvalue weighted by atomic mass is 16.2. The summed E-state index contributed by atoms with van der Waals surface area (Å²) in [5, 5.41) is 1.22. The predicted octanol–water partition coefficient (Wildman–Crippen LogP) is 3.13. The molecule has 0 unspecified atom stereocenters. The van der Waals surface area contributed by atoms with Gasteiger partial charge in [0.05, 0.1) is 11.1 Å². The maximum atomic E-state index is 13.2. The molecule has 5 heteroatoms. The van der Waals surface area contributed by atoms with Gasteiger partial charge in [0, 0.05) is 44.2 Å². The normalized spacial score (nSPS) is 18.0. The number of nitrogens with zero attached hydrogens (tertiary/aromatic N) is 2. The zero-order chi connectivity index (χ0) is 18.3. The summed E-state index contributed by atoms with van der Waals surface area (Å²) in [4.78, 5) is 32.0. The monoisotopic (exact) mass is 353 g/mol. The van der Waals surface area contributed by atoms with Crippen LogP contribution in [0.25, 0.3) is 10.9 Å². The second kappa shape index (κ2) is 6.78. The van der Waals surface area contributed by atoms with E-state index in [1.807, 2.05) is 29.0 Å². The first-order chi connectivity index (χ1) is 12.6. The van der Waals surface area contributed by atoms with Gasteiger partial charge in [0.15, 0.2) is 0 Å². The molecule has 2 heterocycles. The standard InChI is InChI=1S/C21H27N3O2/c1-14(25)23(2)15-10-12-24(13-11-15)21(26)18-8-5-7-17-16-6-3-4-9-19(16)22-20(17)18/h5,7-8,15,22H,3-4,6,9-13H2,1-2H3. The third-order valence-electron chi connectivity index (χ3n) is 6.16. The van der Waals surface area contributed by atoms with Crippen LogP contribution in [0.15, 0.2) is 18.2 Å². The number of rotatable bonds is 2. The van der Waals surface area contributed by atoms with Gasteiger partial charge in [0.2, 0.25) is 5.91 Å². The van der Waals surface area contributed by atoms with Crippen molar-refractivity contribution in [3.05, 3.63) is 35.0 Å². The van der Waals surface area contributed by atoms with E-state index in [1.165, 1.54) is 29.5 Å². The first kappa shape index (κ1) is 17.1. The maximum absolute atomic E-state index is 13.2. The minimum Gasteiger partial charge on any atom is -0.358 e. The summed E-state index contributed by atoms with van der Waals surface area (Å²) in [6.45, 7) is 3.01. The number of hydrogen-bond acceptors (Lipinski definition) is 2. The van der Waals surface area contributed by atoms with E-state index in [9.17, 15) is 9.59 Å². The number of nitrogens with one attached hydrogen (secondary N) is 1. The number of aromatic amines is 1. The highest BCUT2D eigenvalue weighted by Crippen LogP contribution is 2.31. The molecule has 0 radical (unpaired) electrons. The van der Waals surface area contributed by atoms with Crippen molar-refractivity contribution in [2.45, 2.75) is 51.5 Å². The van der Waals surface area contributed by atoms with Crippen molar-refractivity contribution in [2.75, 3.05) is 20.1 Å². The quantitative estimate of drug-likeness (QED) is 0.902. The van der Waals surface area contributed by atoms with Gasteiger partial charge < -0.3 is 14.8 Å². The van der Waals surface area contributed by atoms with Gasteiger partial charge in [-0.1, -0.05) is 12.1 Å². The number of aromatic nitrogens is 1. The van der Waals surface area contributed by atoms with Crippen molar-refractivity contribution in [2.24, 2.45) is 0 Å². The minimum absolute atomic E-state index is 0.0940. The molecule has 5 nitrogen and oxygen atoms in total. The summed E-state index contributed by atoms with van der Waals surface area (Å²) in [5.41, 5.74) is 4.51. The molecule has 4 rings (SSSR count). The third kappa shape index (κ3) is 2.89. The van der Waals surface area contributed by atoms with E-state index in [2.05, 4.69) is 11.1 Å². The number of amides is 2. The number of H-pyrrole nitrogens is 1. The van der Waals surface area contributed by atoms with E-state index in [-0.39, 0.29) is 17.9 Å². The first-order valence-electron chi connectivity index (χ1n) is 9.71. The van der Waals surface area contributed by atoms with Gasteiger partial charge >= 0.3 is 0 Å². The van der Waals surface area contributed by atoms with Gasteiger partial charge in [-0.15, -0.1) is 0 Å². The van der Waals surface area contributed by atoms with Crippen molar-refractivity contribution in [3.8, 4) is 0 Å². The number of carbonyl (C=O) groups is 2. The maximum Gasteiger partial charge on any atom is 0.255 e. The summed E-state index contributed by atoms with van der Waals surface area (Å²) >= 11 is 0. The number of carbonyl (C=O) groups excluding carboxylic acids is 2. The second-order valence-corrected chi connectivity index (χ2v) is 7.67. The Morgan fingerprint density at radius 2 is 1.88 bits per heavy atom. The average molecular weight is 353 g/mol. The smallest absolute Gasteiger partial charge is 0.255 e. The van der Waals surface area contributed by atoms with Crippen LogP contribution in [0.4, 0.5) is 0 Å². The van der Waals surface area contributed by atoms with Crippen molar-refractivity contribution < 1.29 is 9.59 Å². The molecule has 0 saturated carbocycles. The van der Waals surface area contributed by atoms with E-state index < -0.39 is 0 Å². The Labute approximate surface area is 154 Å². The number of hydrogen-bond donors (Lipinski definition) is 1. The van der Waals surface area contributed by atoms with Crippen molar-refractivity contribution >= 4 is 22.7 Å². The van der Waals surface area contributed by atoms with E-state index >= 15 is 0 Å². The Hall–Kier alpha value is -2.30. The van der Waals surface area contributed by atoms with Crippen LogP contribution in [0.1, 0.15) is 54.2 Å². The Balaban J connectivity index is 1.56. The lowest BCUT2D eigenvalue weighted by atomic mass is 9.95. The lowest BCUT2D eigenvalue weighted by Gasteiger charge is -2.36. The molecule has 0 bridgehead atoms. The summed E-state index contributed by atoms with van der Waals surface area (Å²) in [5.74, 6) is 0.203.